The first-order chi connectivity index (χ1) is 8.07. The summed E-state index contributed by atoms with van der Waals surface area (Å²) >= 11 is 0. The maximum absolute atomic E-state index is 11.6. The van der Waals surface area contributed by atoms with E-state index >= 15 is 0 Å². The Balaban J connectivity index is 2.73. The van der Waals surface area contributed by atoms with Gasteiger partial charge in [0.1, 0.15) is 0 Å². The summed E-state index contributed by atoms with van der Waals surface area (Å²) < 4.78 is 2.59. The van der Waals surface area contributed by atoms with Crippen molar-refractivity contribution < 1.29 is 0 Å². The molecule has 0 aromatic carbocycles. The van der Waals surface area contributed by atoms with E-state index in [1.54, 1.807) is 7.05 Å². The van der Waals surface area contributed by atoms with E-state index in [0.717, 1.165) is 17.5 Å². The van der Waals surface area contributed by atoms with Crippen LogP contribution in [0.25, 0.3) is 0 Å². The van der Waals surface area contributed by atoms with Crippen molar-refractivity contribution in [2.24, 2.45) is 14.1 Å². The number of rotatable bonds is 5. The fourth-order valence-electron chi connectivity index (χ4n) is 1.52. The summed E-state index contributed by atoms with van der Waals surface area (Å²) in [4.78, 5) is 23.1. The van der Waals surface area contributed by atoms with E-state index in [1.807, 2.05) is 13.0 Å². The van der Waals surface area contributed by atoms with Gasteiger partial charge < -0.3 is 5.32 Å². The van der Waals surface area contributed by atoms with Crippen LogP contribution < -0.4 is 16.6 Å². The topological polar surface area (TPSA) is 56.0 Å². The summed E-state index contributed by atoms with van der Waals surface area (Å²) in [5, 5.41) is 3.19. The molecule has 0 aliphatic carbocycles. The lowest BCUT2D eigenvalue weighted by molar-refractivity contribution is 0.603. The highest BCUT2D eigenvalue weighted by Crippen LogP contribution is 1.90. The maximum atomic E-state index is 11.6. The molecule has 0 aliphatic rings. The molecular weight excluding hydrogens is 218 g/mol. The van der Waals surface area contributed by atoms with Crippen LogP contribution in [0.1, 0.15) is 19.0 Å². The van der Waals surface area contributed by atoms with Crippen molar-refractivity contribution in [3.05, 3.63) is 44.8 Å². The highest BCUT2D eigenvalue weighted by atomic mass is 16.2. The Labute approximate surface area is 100 Å². The third kappa shape index (κ3) is 3.42. The summed E-state index contributed by atoms with van der Waals surface area (Å²) in [6, 6.07) is 1.49. The fraction of sp³-hybridized carbons (Fsp3) is 0.500. The average Bonchev–Trinajstić information content (AvgIpc) is 2.32. The van der Waals surface area contributed by atoms with Crippen LogP contribution in [0.3, 0.4) is 0 Å². The van der Waals surface area contributed by atoms with Gasteiger partial charge in [-0.15, -0.1) is 0 Å². The zero-order valence-electron chi connectivity index (χ0n) is 10.6. The van der Waals surface area contributed by atoms with Crippen LogP contribution in [0, 0.1) is 0 Å². The molecule has 0 saturated carbocycles. The Morgan fingerprint density at radius 3 is 2.65 bits per heavy atom. The molecule has 17 heavy (non-hydrogen) atoms. The molecule has 5 heteroatoms. The first-order valence-corrected chi connectivity index (χ1v) is 5.65. The minimum atomic E-state index is -0.289. The molecule has 0 atom stereocenters. The molecule has 0 unspecified atom stereocenters. The van der Waals surface area contributed by atoms with E-state index < -0.39 is 0 Å². The van der Waals surface area contributed by atoms with E-state index in [-0.39, 0.29) is 11.2 Å². The molecule has 0 radical (unpaired) electrons. The van der Waals surface area contributed by atoms with Crippen molar-refractivity contribution >= 4 is 0 Å². The highest BCUT2D eigenvalue weighted by molar-refractivity contribution is 5.01. The van der Waals surface area contributed by atoms with Crippen molar-refractivity contribution in [3.63, 3.8) is 0 Å². The van der Waals surface area contributed by atoms with Gasteiger partial charge in [-0.05, 0) is 19.9 Å². The molecule has 1 rings (SSSR count). The Morgan fingerprint density at radius 2 is 2.00 bits per heavy atom. The predicted molar refractivity (Wildman–Crippen MR) is 68.1 cm³/mol. The van der Waals surface area contributed by atoms with Crippen molar-refractivity contribution in [2.75, 3.05) is 6.54 Å². The fourth-order valence-corrected chi connectivity index (χ4v) is 1.52. The van der Waals surface area contributed by atoms with E-state index in [2.05, 4.69) is 11.4 Å². The summed E-state index contributed by atoms with van der Waals surface area (Å²) in [7, 11) is 3.15. The number of nitrogens with zero attached hydrogens (tertiary/aromatic N) is 2. The van der Waals surface area contributed by atoms with Gasteiger partial charge in [-0.1, -0.05) is 12.2 Å². The summed E-state index contributed by atoms with van der Waals surface area (Å²) in [6.07, 6.45) is 5.00. The largest absolute Gasteiger partial charge is 0.330 e. The lowest BCUT2D eigenvalue weighted by Crippen LogP contribution is -2.39. The molecule has 5 nitrogen and oxygen atoms in total. The zero-order valence-corrected chi connectivity index (χ0v) is 10.6. The number of hydrogen-bond donors (Lipinski definition) is 1. The summed E-state index contributed by atoms with van der Waals surface area (Å²) in [6.45, 7) is 3.33. The van der Waals surface area contributed by atoms with Crippen LogP contribution in [0.2, 0.25) is 0 Å². The van der Waals surface area contributed by atoms with Gasteiger partial charge in [-0.2, -0.15) is 0 Å². The molecule has 0 saturated heterocycles. The van der Waals surface area contributed by atoms with E-state index in [9.17, 15) is 9.59 Å². The smallest absolute Gasteiger partial charge is 0.311 e. The molecule has 0 amide bonds. The molecule has 0 aliphatic heterocycles. The maximum Gasteiger partial charge on any atom is 0.330 e. The molecule has 94 valence electrons. The van der Waals surface area contributed by atoms with Gasteiger partial charge in [0.15, 0.2) is 0 Å². The summed E-state index contributed by atoms with van der Waals surface area (Å²) in [5.74, 6) is 0. The zero-order chi connectivity index (χ0) is 12.8. The van der Waals surface area contributed by atoms with Crippen molar-refractivity contribution in [3.8, 4) is 0 Å². The lowest BCUT2D eigenvalue weighted by atomic mass is 10.3. The van der Waals surface area contributed by atoms with Crippen LogP contribution in [0.15, 0.2) is 27.8 Å². The second-order valence-electron chi connectivity index (χ2n) is 3.91. The average molecular weight is 237 g/mol. The van der Waals surface area contributed by atoms with Crippen LogP contribution in [0.5, 0.6) is 0 Å². The lowest BCUT2D eigenvalue weighted by Gasteiger charge is -2.09. The second kappa shape index (κ2) is 6.20. The van der Waals surface area contributed by atoms with Crippen molar-refractivity contribution in [1.29, 1.82) is 0 Å². The molecule has 1 aromatic heterocycles. The number of aromatic nitrogens is 2. The van der Waals surface area contributed by atoms with Crippen molar-refractivity contribution in [2.45, 2.75) is 19.9 Å². The van der Waals surface area contributed by atoms with Crippen LogP contribution in [-0.4, -0.2) is 15.7 Å². The highest BCUT2D eigenvalue weighted by Gasteiger charge is 2.04. The molecule has 0 spiro atoms. The monoisotopic (exact) mass is 237 g/mol. The third-order valence-electron chi connectivity index (χ3n) is 2.65. The van der Waals surface area contributed by atoms with Crippen molar-refractivity contribution in [1.82, 2.24) is 14.5 Å². The van der Waals surface area contributed by atoms with Gasteiger partial charge in [0.2, 0.25) is 0 Å². The molecule has 0 fully saturated rings. The molecular formula is C12H19N3O2. The van der Waals surface area contributed by atoms with E-state index in [1.165, 1.54) is 17.7 Å². The molecule has 1 heterocycles. The normalized spacial score (nSPS) is 11.2. The number of nitrogens with one attached hydrogen (secondary N) is 1. The number of hydrogen-bond acceptors (Lipinski definition) is 3. The molecule has 0 bridgehead atoms. The van der Waals surface area contributed by atoms with Gasteiger partial charge in [-0.3, -0.25) is 13.9 Å². The van der Waals surface area contributed by atoms with E-state index in [0.29, 0.717) is 12.2 Å². The standard InChI is InChI=1S/C12H19N3O2/c1-4-5-6-7-13-9-10-8-11(16)15(3)12(17)14(10)2/h4-5,8,13H,6-7,9H2,1-3H3/b5-4+. The van der Waals surface area contributed by atoms with Gasteiger partial charge in [-0.25, -0.2) is 4.79 Å². The predicted octanol–water partition coefficient (Wildman–Crippen LogP) is 0.140. The molecule has 1 N–H and O–H groups in total. The SMILES string of the molecule is C/C=C/CCNCc1cc(=O)n(C)c(=O)n1C. The van der Waals surface area contributed by atoms with E-state index in [4.69, 9.17) is 0 Å². The Morgan fingerprint density at radius 1 is 1.29 bits per heavy atom. The molecule has 1 aromatic rings. The first kappa shape index (κ1) is 13.4. The Hall–Kier alpha value is -1.62. The second-order valence-corrected chi connectivity index (χ2v) is 3.91. The van der Waals surface area contributed by atoms with Gasteiger partial charge in [0, 0.05) is 32.4 Å². The summed E-state index contributed by atoms with van der Waals surface area (Å²) in [5.41, 5.74) is 0.152. The minimum absolute atomic E-state index is 0.265. The number of allylic oxidation sites excluding steroid dienone is 1. The van der Waals surface area contributed by atoms with Crippen LogP contribution >= 0.6 is 0 Å². The van der Waals surface area contributed by atoms with Gasteiger partial charge >= 0.3 is 5.69 Å². The Kier molecular flexibility index (Phi) is 4.90. The Bertz CT molecular complexity index is 511. The first-order valence-electron chi connectivity index (χ1n) is 5.65. The van der Waals surface area contributed by atoms with Gasteiger partial charge in [0.25, 0.3) is 5.56 Å². The van der Waals surface area contributed by atoms with Crippen LogP contribution in [0.4, 0.5) is 0 Å². The minimum Gasteiger partial charge on any atom is -0.311 e. The quantitative estimate of drug-likeness (QED) is 0.585. The van der Waals surface area contributed by atoms with Crippen LogP contribution in [-0.2, 0) is 20.6 Å². The van der Waals surface area contributed by atoms with Gasteiger partial charge in [0.05, 0.1) is 0 Å². The third-order valence-corrected chi connectivity index (χ3v) is 2.65.